The fourth-order valence-electron chi connectivity index (χ4n) is 5.33. The first-order valence-corrected chi connectivity index (χ1v) is 11.1. The molecule has 140 valence electrons. The molecule has 25 heavy (non-hydrogen) atoms. The van der Waals surface area contributed by atoms with Gasteiger partial charge < -0.3 is 5.11 Å². The van der Waals surface area contributed by atoms with Gasteiger partial charge in [-0.1, -0.05) is 70.8 Å². The summed E-state index contributed by atoms with van der Waals surface area (Å²) in [5.41, 5.74) is 2.90. The van der Waals surface area contributed by atoms with Gasteiger partial charge in [-0.25, -0.2) is 0 Å². The van der Waals surface area contributed by atoms with Crippen LogP contribution >= 0.6 is 0 Å². The highest BCUT2D eigenvalue weighted by Crippen LogP contribution is 2.41. The largest absolute Gasteiger partial charge is 0.508 e. The number of aryl methyl sites for hydroxylation is 1. The summed E-state index contributed by atoms with van der Waals surface area (Å²) in [7, 11) is 0. The van der Waals surface area contributed by atoms with Gasteiger partial charge in [0.25, 0.3) is 0 Å². The fraction of sp³-hybridized carbons (Fsp3) is 0.750. The number of phenols is 1. The molecule has 1 heteroatoms. The fourth-order valence-corrected chi connectivity index (χ4v) is 5.33. The first-order valence-electron chi connectivity index (χ1n) is 11.1. The van der Waals surface area contributed by atoms with Crippen molar-refractivity contribution in [3.05, 3.63) is 29.3 Å². The van der Waals surface area contributed by atoms with Crippen LogP contribution in [-0.2, 0) is 12.8 Å². The maximum Gasteiger partial charge on any atom is 0.115 e. The molecule has 0 spiro atoms. The number of rotatable bonds is 8. The Bertz CT molecular complexity index is 513. The Labute approximate surface area is 155 Å². The minimum absolute atomic E-state index is 0.437. The Morgan fingerprint density at radius 1 is 0.840 bits per heavy atom. The summed E-state index contributed by atoms with van der Waals surface area (Å²) in [6.07, 6.45) is 19.8. The molecule has 0 aromatic heterocycles. The Hall–Kier alpha value is -0.980. The predicted molar refractivity (Wildman–Crippen MR) is 107 cm³/mol. The highest BCUT2D eigenvalue weighted by Gasteiger charge is 2.30. The molecule has 0 amide bonds. The molecule has 1 aromatic rings. The van der Waals surface area contributed by atoms with Crippen LogP contribution in [0, 0.1) is 17.8 Å². The van der Waals surface area contributed by atoms with Gasteiger partial charge in [-0.15, -0.1) is 0 Å². The molecule has 1 N–H and O–H groups in total. The molecule has 1 aromatic carbocycles. The van der Waals surface area contributed by atoms with Crippen LogP contribution in [0.2, 0.25) is 0 Å². The van der Waals surface area contributed by atoms with Crippen LogP contribution in [0.25, 0.3) is 0 Å². The number of aromatic hydroxyl groups is 1. The van der Waals surface area contributed by atoms with E-state index in [2.05, 4.69) is 13.0 Å². The molecule has 2 aliphatic carbocycles. The Balaban J connectivity index is 1.36. The first kappa shape index (κ1) is 18.8. The van der Waals surface area contributed by atoms with Crippen molar-refractivity contribution in [3.63, 3.8) is 0 Å². The summed E-state index contributed by atoms with van der Waals surface area (Å²) in [4.78, 5) is 0. The molecule has 0 radical (unpaired) electrons. The average Bonchev–Trinajstić information content (AvgIpc) is 2.64. The summed E-state index contributed by atoms with van der Waals surface area (Å²) >= 11 is 0. The van der Waals surface area contributed by atoms with Crippen molar-refractivity contribution in [2.75, 3.05) is 0 Å². The predicted octanol–water partition coefficient (Wildman–Crippen LogP) is 7.05. The summed E-state index contributed by atoms with van der Waals surface area (Å²) in [6, 6.07) is 6.03. The van der Waals surface area contributed by atoms with Crippen LogP contribution in [0.3, 0.4) is 0 Å². The summed E-state index contributed by atoms with van der Waals surface area (Å²) in [6.45, 7) is 2.30. The molecule has 1 saturated carbocycles. The molecule has 1 nitrogen and oxygen atoms in total. The van der Waals surface area contributed by atoms with E-state index in [0.717, 1.165) is 17.8 Å². The second-order valence-electron chi connectivity index (χ2n) is 8.79. The highest BCUT2D eigenvalue weighted by molar-refractivity contribution is 5.36. The van der Waals surface area contributed by atoms with Gasteiger partial charge in [-0.2, -0.15) is 0 Å². The van der Waals surface area contributed by atoms with E-state index in [9.17, 15) is 5.11 Å². The van der Waals surface area contributed by atoms with Crippen molar-refractivity contribution >= 4 is 0 Å². The molecule has 3 rings (SSSR count). The van der Waals surface area contributed by atoms with Gasteiger partial charge in [0, 0.05) is 0 Å². The van der Waals surface area contributed by atoms with Crippen molar-refractivity contribution in [2.24, 2.45) is 17.8 Å². The van der Waals surface area contributed by atoms with Crippen LogP contribution in [-0.4, -0.2) is 5.11 Å². The van der Waals surface area contributed by atoms with Gasteiger partial charge in [0.15, 0.2) is 0 Å². The third kappa shape index (κ3) is 5.50. The lowest BCUT2D eigenvalue weighted by molar-refractivity contribution is 0.182. The summed E-state index contributed by atoms with van der Waals surface area (Å²) in [5, 5.41) is 9.66. The molecule has 0 saturated heterocycles. The van der Waals surface area contributed by atoms with Crippen LogP contribution in [0.1, 0.15) is 95.1 Å². The van der Waals surface area contributed by atoms with E-state index in [1.54, 1.807) is 0 Å². The molecular weight excluding hydrogens is 304 g/mol. The standard InChI is InChI=1S/C24H38O/c1-2-3-4-5-6-7-8-19-9-11-20(12-10-19)21-13-14-23-18-24(25)16-15-22(23)17-21/h15-16,18-21,25H,2-14,17H2,1H3. The summed E-state index contributed by atoms with van der Waals surface area (Å²) in [5.74, 6) is 3.32. The van der Waals surface area contributed by atoms with Crippen LogP contribution in [0.4, 0.5) is 0 Å². The van der Waals surface area contributed by atoms with E-state index in [4.69, 9.17) is 0 Å². The first-order chi connectivity index (χ1) is 12.3. The lowest BCUT2D eigenvalue weighted by Gasteiger charge is -2.36. The Morgan fingerprint density at radius 3 is 2.40 bits per heavy atom. The maximum absolute atomic E-state index is 9.66. The summed E-state index contributed by atoms with van der Waals surface area (Å²) < 4.78 is 0. The number of phenolic OH excluding ortho intramolecular Hbond substituents is 1. The van der Waals surface area contributed by atoms with Gasteiger partial charge >= 0.3 is 0 Å². The smallest absolute Gasteiger partial charge is 0.115 e. The van der Waals surface area contributed by atoms with E-state index >= 15 is 0 Å². The highest BCUT2D eigenvalue weighted by atomic mass is 16.3. The topological polar surface area (TPSA) is 20.2 Å². The number of benzene rings is 1. The van der Waals surface area contributed by atoms with Crippen molar-refractivity contribution in [3.8, 4) is 5.75 Å². The molecule has 1 fully saturated rings. The number of unbranched alkanes of at least 4 members (excludes halogenated alkanes) is 5. The number of hydrogen-bond donors (Lipinski definition) is 1. The van der Waals surface area contributed by atoms with Gasteiger partial charge in [0.2, 0.25) is 0 Å². The van der Waals surface area contributed by atoms with Crippen molar-refractivity contribution in [1.82, 2.24) is 0 Å². The van der Waals surface area contributed by atoms with Gasteiger partial charge in [-0.05, 0) is 73.1 Å². The number of fused-ring (bicyclic) bond motifs is 1. The molecule has 1 unspecified atom stereocenters. The van der Waals surface area contributed by atoms with Crippen LogP contribution in [0.5, 0.6) is 5.75 Å². The van der Waals surface area contributed by atoms with Gasteiger partial charge in [-0.3, -0.25) is 0 Å². The normalized spacial score (nSPS) is 26.4. The Kier molecular flexibility index (Phi) is 7.25. The van der Waals surface area contributed by atoms with Crippen molar-refractivity contribution < 1.29 is 5.11 Å². The zero-order valence-corrected chi connectivity index (χ0v) is 16.3. The van der Waals surface area contributed by atoms with Crippen LogP contribution < -0.4 is 0 Å². The molecule has 0 aliphatic heterocycles. The average molecular weight is 343 g/mol. The second kappa shape index (κ2) is 9.64. The van der Waals surface area contributed by atoms with E-state index in [1.165, 1.54) is 101 Å². The van der Waals surface area contributed by atoms with Crippen molar-refractivity contribution in [1.29, 1.82) is 0 Å². The van der Waals surface area contributed by atoms with E-state index in [-0.39, 0.29) is 0 Å². The van der Waals surface area contributed by atoms with Crippen molar-refractivity contribution in [2.45, 2.75) is 96.8 Å². The van der Waals surface area contributed by atoms with Gasteiger partial charge in [0.05, 0.1) is 0 Å². The minimum Gasteiger partial charge on any atom is -0.508 e. The second-order valence-corrected chi connectivity index (χ2v) is 8.79. The quantitative estimate of drug-likeness (QED) is 0.502. The molecule has 0 heterocycles. The molecular formula is C24H38O. The SMILES string of the molecule is CCCCCCCCC1CCC(C2CCc3cc(O)ccc3C2)CC1. The monoisotopic (exact) mass is 342 g/mol. The maximum atomic E-state index is 9.66. The minimum atomic E-state index is 0.437. The number of hydrogen-bond acceptors (Lipinski definition) is 1. The third-order valence-corrected chi connectivity index (χ3v) is 6.98. The molecule has 0 bridgehead atoms. The third-order valence-electron chi connectivity index (χ3n) is 6.98. The van der Waals surface area contributed by atoms with E-state index in [0.29, 0.717) is 5.75 Å². The molecule has 1 atom stereocenters. The van der Waals surface area contributed by atoms with E-state index in [1.807, 2.05) is 12.1 Å². The molecule has 2 aliphatic rings. The lowest BCUT2D eigenvalue weighted by Crippen LogP contribution is -2.26. The van der Waals surface area contributed by atoms with Gasteiger partial charge in [0.1, 0.15) is 5.75 Å². The Morgan fingerprint density at radius 2 is 1.60 bits per heavy atom. The zero-order chi connectivity index (χ0) is 17.5. The zero-order valence-electron chi connectivity index (χ0n) is 16.3. The van der Waals surface area contributed by atoms with E-state index < -0.39 is 0 Å². The van der Waals surface area contributed by atoms with Crippen LogP contribution in [0.15, 0.2) is 18.2 Å². The lowest BCUT2D eigenvalue weighted by atomic mass is 9.69.